The maximum absolute atomic E-state index is 12.5. The summed E-state index contributed by atoms with van der Waals surface area (Å²) in [7, 11) is 0. The molecule has 0 aliphatic heterocycles. The highest BCUT2D eigenvalue weighted by Gasteiger charge is 2.30. The number of nitrogens with zero attached hydrogens (tertiary/aromatic N) is 1. The van der Waals surface area contributed by atoms with E-state index in [1.807, 2.05) is 6.92 Å². The SMILES string of the molecule is Cc1[nH]c(C)c(-c2ccc(-c3ccc(OC(F)(F)F)cc3)nc2)c(=O)c1Br. The van der Waals surface area contributed by atoms with E-state index in [4.69, 9.17) is 0 Å². The molecule has 3 aromatic rings. The van der Waals surface area contributed by atoms with Gasteiger partial charge in [0.15, 0.2) is 0 Å². The van der Waals surface area contributed by atoms with Gasteiger partial charge in [-0.2, -0.15) is 0 Å². The van der Waals surface area contributed by atoms with Gasteiger partial charge in [-0.3, -0.25) is 9.78 Å². The highest BCUT2D eigenvalue weighted by molar-refractivity contribution is 9.10. The molecule has 3 rings (SSSR count). The average Bonchev–Trinajstić information content (AvgIpc) is 2.60. The molecule has 0 saturated heterocycles. The Labute approximate surface area is 161 Å². The number of rotatable bonds is 3. The van der Waals surface area contributed by atoms with Crippen molar-refractivity contribution in [3.63, 3.8) is 0 Å². The molecule has 0 atom stereocenters. The molecule has 0 radical (unpaired) electrons. The zero-order valence-electron chi connectivity index (χ0n) is 14.3. The minimum Gasteiger partial charge on any atom is -0.406 e. The molecule has 0 saturated carbocycles. The van der Waals surface area contributed by atoms with Gasteiger partial charge in [-0.1, -0.05) is 6.07 Å². The van der Waals surface area contributed by atoms with E-state index in [0.717, 1.165) is 11.4 Å². The van der Waals surface area contributed by atoms with Crippen LogP contribution in [0.5, 0.6) is 5.75 Å². The maximum Gasteiger partial charge on any atom is 0.573 e. The fourth-order valence-electron chi connectivity index (χ4n) is 2.74. The maximum atomic E-state index is 12.5. The molecule has 2 aromatic heterocycles. The molecular weight excluding hydrogens is 425 g/mol. The van der Waals surface area contributed by atoms with E-state index in [-0.39, 0.29) is 11.2 Å². The lowest BCUT2D eigenvalue weighted by atomic mass is 10.0. The largest absolute Gasteiger partial charge is 0.573 e. The van der Waals surface area contributed by atoms with E-state index in [2.05, 4.69) is 30.6 Å². The molecule has 0 unspecified atom stereocenters. The van der Waals surface area contributed by atoms with Crippen LogP contribution in [0.4, 0.5) is 13.2 Å². The normalized spacial score (nSPS) is 11.5. The Morgan fingerprint density at radius 3 is 2.19 bits per heavy atom. The van der Waals surface area contributed by atoms with E-state index in [0.29, 0.717) is 26.9 Å². The van der Waals surface area contributed by atoms with Gasteiger partial charge in [-0.25, -0.2) is 0 Å². The third-order valence-corrected chi connectivity index (χ3v) is 4.90. The topological polar surface area (TPSA) is 55.0 Å². The number of aryl methyl sites for hydroxylation is 2. The van der Waals surface area contributed by atoms with Crippen molar-refractivity contribution in [3.8, 4) is 28.1 Å². The van der Waals surface area contributed by atoms with Gasteiger partial charge in [0, 0.05) is 28.7 Å². The minimum absolute atomic E-state index is 0.132. The number of H-pyrrole nitrogens is 1. The number of aromatic nitrogens is 2. The van der Waals surface area contributed by atoms with Crippen molar-refractivity contribution in [3.05, 3.63) is 68.7 Å². The van der Waals surface area contributed by atoms with Gasteiger partial charge in [0.25, 0.3) is 0 Å². The van der Waals surface area contributed by atoms with Crippen molar-refractivity contribution >= 4 is 15.9 Å². The highest BCUT2D eigenvalue weighted by Crippen LogP contribution is 2.27. The van der Waals surface area contributed by atoms with Gasteiger partial charge < -0.3 is 9.72 Å². The summed E-state index contributed by atoms with van der Waals surface area (Å²) in [6.45, 7) is 3.61. The summed E-state index contributed by atoms with van der Waals surface area (Å²) in [5, 5.41) is 0. The zero-order valence-corrected chi connectivity index (χ0v) is 15.9. The van der Waals surface area contributed by atoms with E-state index < -0.39 is 6.36 Å². The smallest absolute Gasteiger partial charge is 0.406 e. The monoisotopic (exact) mass is 438 g/mol. The first kappa shape index (κ1) is 19.2. The first-order chi connectivity index (χ1) is 12.7. The van der Waals surface area contributed by atoms with Crippen LogP contribution >= 0.6 is 15.9 Å². The third kappa shape index (κ3) is 4.21. The minimum atomic E-state index is -4.73. The second kappa shape index (κ2) is 7.19. The average molecular weight is 439 g/mol. The molecular formula is C19H14BrF3N2O2. The molecule has 140 valence electrons. The van der Waals surface area contributed by atoms with Gasteiger partial charge in [0.2, 0.25) is 5.43 Å². The number of alkyl halides is 3. The Hall–Kier alpha value is -2.61. The summed E-state index contributed by atoms with van der Waals surface area (Å²) in [6, 6.07) is 8.89. The number of nitrogens with one attached hydrogen (secondary N) is 1. The summed E-state index contributed by atoms with van der Waals surface area (Å²) in [5.41, 5.74) is 3.70. The second-order valence-corrected chi connectivity index (χ2v) is 6.69. The summed E-state index contributed by atoms with van der Waals surface area (Å²) in [6.07, 6.45) is -3.16. The fraction of sp³-hybridized carbons (Fsp3) is 0.158. The quantitative estimate of drug-likeness (QED) is 0.596. The van der Waals surface area contributed by atoms with E-state index in [1.165, 1.54) is 24.3 Å². The first-order valence-corrected chi connectivity index (χ1v) is 8.66. The van der Waals surface area contributed by atoms with Crippen LogP contribution in [-0.4, -0.2) is 16.3 Å². The number of halogens is 4. The Bertz CT molecular complexity index is 1030. The van der Waals surface area contributed by atoms with Gasteiger partial charge in [-0.15, -0.1) is 13.2 Å². The summed E-state index contributed by atoms with van der Waals surface area (Å²) in [5.74, 6) is -0.297. The van der Waals surface area contributed by atoms with Crippen molar-refractivity contribution in [1.29, 1.82) is 0 Å². The fourth-order valence-corrected chi connectivity index (χ4v) is 3.03. The van der Waals surface area contributed by atoms with Gasteiger partial charge in [0.05, 0.1) is 15.7 Å². The number of benzene rings is 1. The lowest BCUT2D eigenvalue weighted by Crippen LogP contribution is -2.16. The van der Waals surface area contributed by atoms with Crippen molar-refractivity contribution < 1.29 is 17.9 Å². The Balaban J connectivity index is 1.91. The zero-order chi connectivity index (χ0) is 19.8. The van der Waals surface area contributed by atoms with Gasteiger partial charge in [-0.05, 0) is 60.1 Å². The number of pyridine rings is 2. The molecule has 0 aliphatic carbocycles. The molecule has 1 N–H and O–H groups in total. The lowest BCUT2D eigenvalue weighted by Gasteiger charge is -2.10. The predicted octanol–water partition coefficient (Wildman–Crippen LogP) is 5.38. The van der Waals surface area contributed by atoms with Crippen molar-refractivity contribution in [2.45, 2.75) is 20.2 Å². The molecule has 27 heavy (non-hydrogen) atoms. The van der Waals surface area contributed by atoms with Crippen LogP contribution in [0, 0.1) is 13.8 Å². The van der Waals surface area contributed by atoms with E-state index >= 15 is 0 Å². The van der Waals surface area contributed by atoms with Crippen LogP contribution in [0.3, 0.4) is 0 Å². The Morgan fingerprint density at radius 1 is 1.00 bits per heavy atom. The molecule has 0 amide bonds. The van der Waals surface area contributed by atoms with Crippen LogP contribution in [-0.2, 0) is 0 Å². The van der Waals surface area contributed by atoms with Crippen LogP contribution in [0.1, 0.15) is 11.4 Å². The first-order valence-electron chi connectivity index (χ1n) is 7.87. The molecule has 1 aromatic carbocycles. The lowest BCUT2D eigenvalue weighted by molar-refractivity contribution is -0.274. The molecule has 0 spiro atoms. The highest BCUT2D eigenvalue weighted by atomic mass is 79.9. The van der Waals surface area contributed by atoms with Crippen LogP contribution in [0.15, 0.2) is 51.9 Å². The molecule has 0 bridgehead atoms. The number of aromatic amines is 1. The molecule has 8 heteroatoms. The van der Waals surface area contributed by atoms with Crippen molar-refractivity contribution in [2.75, 3.05) is 0 Å². The second-order valence-electron chi connectivity index (χ2n) is 5.90. The summed E-state index contributed by atoms with van der Waals surface area (Å²) < 4.78 is 41.0. The Morgan fingerprint density at radius 2 is 1.63 bits per heavy atom. The number of hydrogen-bond acceptors (Lipinski definition) is 3. The Kier molecular flexibility index (Phi) is 5.10. The van der Waals surface area contributed by atoms with E-state index in [9.17, 15) is 18.0 Å². The molecule has 0 aliphatic rings. The van der Waals surface area contributed by atoms with Crippen molar-refractivity contribution in [2.24, 2.45) is 0 Å². The van der Waals surface area contributed by atoms with Gasteiger partial charge >= 0.3 is 6.36 Å². The molecule has 0 fully saturated rings. The molecule has 2 heterocycles. The summed E-state index contributed by atoms with van der Waals surface area (Å²) in [4.78, 5) is 20.0. The number of hydrogen-bond donors (Lipinski definition) is 1. The van der Waals surface area contributed by atoms with Crippen LogP contribution in [0.25, 0.3) is 22.4 Å². The van der Waals surface area contributed by atoms with Gasteiger partial charge in [0.1, 0.15) is 5.75 Å². The summed E-state index contributed by atoms with van der Waals surface area (Å²) >= 11 is 3.28. The third-order valence-electron chi connectivity index (χ3n) is 3.94. The number of ether oxygens (including phenoxy) is 1. The standard InChI is InChI=1S/C19H14BrF3N2O2/c1-10-16(18(26)17(20)11(2)25-10)13-5-8-15(24-9-13)12-3-6-14(7-4-12)27-19(21,22)23/h3-9H,1-2H3,(H,25,26). The van der Waals surface area contributed by atoms with Crippen LogP contribution < -0.4 is 10.2 Å². The van der Waals surface area contributed by atoms with Crippen LogP contribution in [0.2, 0.25) is 0 Å². The van der Waals surface area contributed by atoms with Crippen molar-refractivity contribution in [1.82, 2.24) is 9.97 Å². The van der Waals surface area contributed by atoms with E-state index in [1.54, 1.807) is 25.3 Å². The predicted molar refractivity (Wildman–Crippen MR) is 99.6 cm³/mol. The molecule has 4 nitrogen and oxygen atoms in total.